The molecule has 0 radical (unpaired) electrons. The van der Waals surface area contributed by atoms with E-state index in [0.29, 0.717) is 26.9 Å². The zero-order chi connectivity index (χ0) is 25.9. The van der Waals surface area contributed by atoms with E-state index in [9.17, 15) is 12.3 Å². The Balaban J connectivity index is 1.55. The molecule has 4 N–H and O–H groups in total. The Bertz CT molecular complexity index is 1590. The van der Waals surface area contributed by atoms with E-state index in [1.807, 2.05) is 36.4 Å². The standard InChI is InChI=1S/C26H19Cl2FN4O2S/c27-21-13-10-19(15-22(21)28)24-23(32-26(31)33-25(24)30)14-9-17-4-1-16(2-5-17)3-6-18-7-11-20(12-8-18)36(29,34)35/h1-15H,(H4,30,31,32,33). The van der Waals surface area contributed by atoms with Gasteiger partial charge in [0.05, 0.1) is 20.6 Å². The first-order valence-corrected chi connectivity index (χ1v) is 12.6. The van der Waals surface area contributed by atoms with Crippen molar-refractivity contribution in [3.63, 3.8) is 0 Å². The number of halogens is 3. The van der Waals surface area contributed by atoms with E-state index >= 15 is 0 Å². The minimum absolute atomic E-state index is 0.0496. The Hall–Kier alpha value is -3.72. The summed E-state index contributed by atoms with van der Waals surface area (Å²) < 4.78 is 34.9. The molecule has 1 heterocycles. The monoisotopic (exact) mass is 540 g/mol. The number of nitrogen functional groups attached to an aromatic ring is 2. The molecular weight excluding hydrogens is 522 g/mol. The maximum absolute atomic E-state index is 13.0. The highest BCUT2D eigenvalue weighted by Gasteiger charge is 2.13. The van der Waals surface area contributed by atoms with Crippen LogP contribution in [0.3, 0.4) is 0 Å². The summed E-state index contributed by atoms with van der Waals surface area (Å²) in [6.45, 7) is 0. The number of anilines is 2. The predicted octanol–water partition coefficient (Wildman–Crippen LogP) is 6.61. The fourth-order valence-electron chi connectivity index (χ4n) is 3.41. The minimum atomic E-state index is -4.71. The molecule has 4 rings (SSSR count). The number of rotatable bonds is 6. The number of nitrogens with zero attached hydrogens (tertiary/aromatic N) is 2. The van der Waals surface area contributed by atoms with Gasteiger partial charge >= 0.3 is 10.2 Å². The van der Waals surface area contributed by atoms with Gasteiger partial charge in [0, 0.05) is 5.56 Å². The van der Waals surface area contributed by atoms with Crippen LogP contribution in [-0.2, 0) is 10.2 Å². The molecule has 3 aromatic carbocycles. The molecule has 4 aromatic rings. The fourth-order valence-corrected chi connectivity index (χ4v) is 4.17. The number of aromatic nitrogens is 2. The van der Waals surface area contributed by atoms with Gasteiger partial charge in [-0.3, -0.25) is 0 Å². The van der Waals surface area contributed by atoms with E-state index in [-0.39, 0.29) is 16.7 Å². The summed E-state index contributed by atoms with van der Waals surface area (Å²) in [5.41, 5.74) is 16.3. The molecule has 0 aliphatic carbocycles. The lowest BCUT2D eigenvalue weighted by Crippen LogP contribution is -2.04. The second-order valence-corrected chi connectivity index (χ2v) is 9.86. The quantitative estimate of drug-likeness (QED) is 0.210. The molecule has 0 aliphatic rings. The van der Waals surface area contributed by atoms with Crippen molar-refractivity contribution in [2.75, 3.05) is 11.5 Å². The Labute approximate surface area is 217 Å². The number of hydrogen-bond acceptors (Lipinski definition) is 6. The molecule has 0 spiro atoms. The van der Waals surface area contributed by atoms with Crippen molar-refractivity contribution in [2.24, 2.45) is 0 Å². The van der Waals surface area contributed by atoms with Crippen molar-refractivity contribution < 1.29 is 12.3 Å². The second-order valence-electron chi connectivity index (χ2n) is 7.70. The summed E-state index contributed by atoms with van der Waals surface area (Å²) in [6.07, 6.45) is 7.32. The van der Waals surface area contributed by atoms with Crippen LogP contribution in [-0.4, -0.2) is 18.4 Å². The molecule has 10 heteroatoms. The van der Waals surface area contributed by atoms with Gasteiger partial charge in [0.25, 0.3) is 0 Å². The van der Waals surface area contributed by atoms with Crippen LogP contribution in [0.15, 0.2) is 71.6 Å². The van der Waals surface area contributed by atoms with Crippen LogP contribution in [0, 0.1) is 0 Å². The van der Waals surface area contributed by atoms with E-state index in [0.717, 1.165) is 16.7 Å². The maximum atomic E-state index is 13.0. The van der Waals surface area contributed by atoms with Crippen molar-refractivity contribution in [3.8, 4) is 11.1 Å². The Kier molecular flexibility index (Phi) is 7.40. The van der Waals surface area contributed by atoms with Crippen LogP contribution in [0.1, 0.15) is 22.4 Å². The van der Waals surface area contributed by atoms with E-state index in [1.54, 1.807) is 30.4 Å². The Morgan fingerprint density at radius 3 is 1.78 bits per heavy atom. The topological polar surface area (TPSA) is 112 Å². The average molecular weight is 541 g/mol. The summed E-state index contributed by atoms with van der Waals surface area (Å²) in [5, 5.41) is 0.804. The van der Waals surface area contributed by atoms with Crippen molar-refractivity contribution in [1.29, 1.82) is 0 Å². The van der Waals surface area contributed by atoms with E-state index in [1.165, 1.54) is 24.3 Å². The normalized spacial score (nSPS) is 12.0. The summed E-state index contributed by atoms with van der Waals surface area (Å²) in [6, 6.07) is 18.3. The molecule has 0 amide bonds. The second kappa shape index (κ2) is 10.5. The first-order chi connectivity index (χ1) is 17.1. The van der Waals surface area contributed by atoms with Gasteiger partial charge in [-0.05, 0) is 52.6 Å². The van der Waals surface area contributed by atoms with Crippen LogP contribution >= 0.6 is 23.2 Å². The van der Waals surface area contributed by atoms with Crippen molar-refractivity contribution in [2.45, 2.75) is 4.90 Å². The number of nitrogens with two attached hydrogens (primary N) is 2. The van der Waals surface area contributed by atoms with Crippen molar-refractivity contribution in [3.05, 3.63) is 99.2 Å². The third kappa shape index (κ3) is 6.09. The highest BCUT2D eigenvalue weighted by molar-refractivity contribution is 7.86. The maximum Gasteiger partial charge on any atom is 0.332 e. The van der Waals surface area contributed by atoms with Gasteiger partial charge in [-0.25, -0.2) is 4.98 Å². The summed E-state index contributed by atoms with van der Waals surface area (Å²) in [4.78, 5) is 8.03. The highest BCUT2D eigenvalue weighted by atomic mass is 35.5. The van der Waals surface area contributed by atoms with Gasteiger partial charge in [-0.2, -0.15) is 13.4 Å². The molecule has 0 saturated heterocycles. The molecule has 0 aliphatic heterocycles. The lowest BCUT2D eigenvalue weighted by atomic mass is 10.0. The van der Waals surface area contributed by atoms with E-state index < -0.39 is 10.2 Å². The van der Waals surface area contributed by atoms with E-state index in [4.69, 9.17) is 34.7 Å². The van der Waals surface area contributed by atoms with Gasteiger partial charge in [-0.15, -0.1) is 3.89 Å². The molecule has 1 aromatic heterocycles. The smallest absolute Gasteiger partial charge is 0.332 e. The van der Waals surface area contributed by atoms with Crippen molar-refractivity contribution in [1.82, 2.24) is 9.97 Å². The molecule has 0 unspecified atom stereocenters. The van der Waals surface area contributed by atoms with Gasteiger partial charge < -0.3 is 11.5 Å². The first kappa shape index (κ1) is 25.4. The Morgan fingerprint density at radius 2 is 1.25 bits per heavy atom. The van der Waals surface area contributed by atoms with Gasteiger partial charge in [0.2, 0.25) is 5.95 Å². The van der Waals surface area contributed by atoms with Crippen LogP contribution in [0.4, 0.5) is 15.7 Å². The molecular formula is C26H19Cl2FN4O2S. The number of benzene rings is 3. The van der Waals surface area contributed by atoms with Gasteiger partial charge in [0.15, 0.2) is 0 Å². The first-order valence-electron chi connectivity index (χ1n) is 10.5. The number of hydrogen-bond donors (Lipinski definition) is 2. The summed E-state index contributed by atoms with van der Waals surface area (Å²) >= 11 is 12.2. The zero-order valence-corrected chi connectivity index (χ0v) is 20.9. The van der Waals surface area contributed by atoms with Crippen LogP contribution in [0.2, 0.25) is 10.0 Å². The zero-order valence-electron chi connectivity index (χ0n) is 18.6. The molecule has 0 atom stereocenters. The lowest BCUT2D eigenvalue weighted by molar-refractivity contribution is 0.552. The molecule has 0 bridgehead atoms. The molecule has 0 fully saturated rings. The average Bonchev–Trinajstić information content (AvgIpc) is 2.83. The van der Waals surface area contributed by atoms with Crippen molar-refractivity contribution >= 4 is 69.5 Å². The molecule has 182 valence electrons. The Morgan fingerprint density at radius 1 is 0.722 bits per heavy atom. The largest absolute Gasteiger partial charge is 0.383 e. The minimum Gasteiger partial charge on any atom is -0.383 e. The summed E-state index contributed by atoms with van der Waals surface area (Å²) in [5.74, 6) is 0.270. The molecule has 36 heavy (non-hydrogen) atoms. The third-order valence-corrected chi connectivity index (χ3v) is 6.76. The van der Waals surface area contributed by atoms with E-state index in [2.05, 4.69) is 9.97 Å². The van der Waals surface area contributed by atoms with Gasteiger partial charge in [0.1, 0.15) is 5.82 Å². The SMILES string of the molecule is Nc1nc(N)c(-c2ccc(Cl)c(Cl)c2)c(C=Cc2ccc(C=Cc3ccc(S(=O)(=O)F)cc3)cc2)n1. The van der Waals surface area contributed by atoms with Crippen LogP contribution in [0.25, 0.3) is 35.4 Å². The van der Waals surface area contributed by atoms with Crippen LogP contribution in [0.5, 0.6) is 0 Å². The predicted molar refractivity (Wildman–Crippen MR) is 145 cm³/mol. The highest BCUT2D eigenvalue weighted by Crippen LogP contribution is 2.34. The molecule has 6 nitrogen and oxygen atoms in total. The lowest BCUT2D eigenvalue weighted by Gasteiger charge is -2.10. The third-order valence-electron chi connectivity index (χ3n) is 5.19. The van der Waals surface area contributed by atoms with Gasteiger partial charge in [-0.1, -0.05) is 83.9 Å². The van der Waals surface area contributed by atoms with Crippen LogP contribution < -0.4 is 11.5 Å². The summed E-state index contributed by atoms with van der Waals surface area (Å²) in [7, 11) is -4.71. The molecule has 0 saturated carbocycles. The fraction of sp³-hybridized carbons (Fsp3) is 0.